The predicted molar refractivity (Wildman–Crippen MR) is 93.1 cm³/mol. The maximum absolute atomic E-state index is 12.4. The number of hydrogen-bond acceptors (Lipinski definition) is 4. The van der Waals surface area contributed by atoms with Crippen molar-refractivity contribution >= 4 is 23.2 Å². The van der Waals surface area contributed by atoms with Crippen LogP contribution in [0.15, 0.2) is 48.8 Å². The van der Waals surface area contributed by atoms with Gasteiger partial charge < -0.3 is 15.1 Å². The van der Waals surface area contributed by atoms with E-state index in [-0.39, 0.29) is 11.8 Å². The summed E-state index contributed by atoms with van der Waals surface area (Å²) in [5.74, 6) is -0.0818. The number of nitrogens with zero attached hydrogens (tertiary/aromatic N) is 3. The second kappa shape index (κ2) is 7.12. The monoisotopic (exact) mass is 324 g/mol. The number of rotatable bonds is 3. The summed E-state index contributed by atoms with van der Waals surface area (Å²) in [5, 5.41) is 2.86. The first kappa shape index (κ1) is 16.0. The average Bonchev–Trinajstić information content (AvgIpc) is 2.63. The van der Waals surface area contributed by atoms with Crippen molar-refractivity contribution in [2.75, 3.05) is 36.4 Å². The standard InChI is InChI=1S/C18H20N4O2/c1-14(23)21-7-9-22(10-8-21)17-11-15(12-19-13-17)18(24)20-16-5-3-2-4-6-16/h2-6,11-13H,7-10H2,1H3,(H,20,24). The molecule has 1 aliphatic heterocycles. The first-order valence-corrected chi connectivity index (χ1v) is 7.95. The van der Waals surface area contributed by atoms with Gasteiger partial charge in [0.1, 0.15) is 0 Å². The summed E-state index contributed by atoms with van der Waals surface area (Å²) < 4.78 is 0. The molecule has 0 bridgehead atoms. The molecule has 6 nitrogen and oxygen atoms in total. The summed E-state index contributed by atoms with van der Waals surface area (Å²) in [6, 6.07) is 11.2. The van der Waals surface area contributed by atoms with Gasteiger partial charge in [-0.2, -0.15) is 0 Å². The number of para-hydroxylation sites is 1. The second-order valence-electron chi connectivity index (χ2n) is 5.75. The molecule has 2 aromatic rings. The Labute approximate surface area is 141 Å². The van der Waals surface area contributed by atoms with Crippen LogP contribution in [0.1, 0.15) is 17.3 Å². The predicted octanol–water partition coefficient (Wildman–Crippen LogP) is 2.00. The molecule has 1 aromatic carbocycles. The lowest BCUT2D eigenvalue weighted by atomic mass is 10.2. The molecule has 1 N–H and O–H groups in total. The van der Waals surface area contributed by atoms with E-state index in [0.29, 0.717) is 18.7 Å². The number of hydrogen-bond donors (Lipinski definition) is 1. The van der Waals surface area contributed by atoms with Gasteiger partial charge in [-0.15, -0.1) is 0 Å². The number of amides is 2. The molecule has 1 saturated heterocycles. The van der Waals surface area contributed by atoms with Crippen molar-refractivity contribution in [3.05, 3.63) is 54.4 Å². The number of benzene rings is 1. The minimum atomic E-state index is -0.182. The fraction of sp³-hybridized carbons (Fsp3) is 0.278. The van der Waals surface area contributed by atoms with E-state index in [9.17, 15) is 9.59 Å². The zero-order valence-corrected chi connectivity index (χ0v) is 13.6. The zero-order chi connectivity index (χ0) is 16.9. The number of nitrogens with one attached hydrogen (secondary N) is 1. The van der Waals surface area contributed by atoms with Gasteiger partial charge in [-0.25, -0.2) is 0 Å². The van der Waals surface area contributed by atoms with E-state index < -0.39 is 0 Å². The Kier molecular flexibility index (Phi) is 4.74. The molecular formula is C18H20N4O2. The largest absolute Gasteiger partial charge is 0.367 e. The van der Waals surface area contributed by atoms with Gasteiger partial charge in [0.05, 0.1) is 17.4 Å². The molecule has 0 aliphatic carbocycles. The van der Waals surface area contributed by atoms with E-state index >= 15 is 0 Å². The molecule has 3 rings (SSSR count). The molecule has 1 aromatic heterocycles. The lowest BCUT2D eigenvalue weighted by molar-refractivity contribution is -0.129. The Morgan fingerprint density at radius 1 is 1.04 bits per heavy atom. The topological polar surface area (TPSA) is 65.5 Å². The van der Waals surface area contributed by atoms with Crippen molar-refractivity contribution < 1.29 is 9.59 Å². The molecule has 1 fully saturated rings. The summed E-state index contributed by atoms with van der Waals surface area (Å²) in [4.78, 5) is 31.9. The molecule has 0 saturated carbocycles. The molecule has 0 radical (unpaired) electrons. The highest BCUT2D eigenvalue weighted by molar-refractivity contribution is 6.04. The number of aromatic nitrogens is 1. The molecule has 2 amide bonds. The highest BCUT2D eigenvalue weighted by Gasteiger charge is 2.19. The van der Waals surface area contributed by atoms with Gasteiger partial charge in [0.2, 0.25) is 5.91 Å². The Morgan fingerprint density at radius 2 is 1.75 bits per heavy atom. The molecule has 0 spiro atoms. The molecule has 24 heavy (non-hydrogen) atoms. The van der Waals surface area contributed by atoms with Crippen LogP contribution in [0.4, 0.5) is 11.4 Å². The number of carbonyl (C=O) groups is 2. The van der Waals surface area contributed by atoms with Gasteiger partial charge in [-0.3, -0.25) is 14.6 Å². The fourth-order valence-electron chi connectivity index (χ4n) is 2.73. The molecule has 6 heteroatoms. The molecular weight excluding hydrogens is 304 g/mol. The van der Waals surface area contributed by atoms with Crippen molar-refractivity contribution in [1.29, 1.82) is 0 Å². The van der Waals surface area contributed by atoms with Crippen LogP contribution in [-0.4, -0.2) is 47.9 Å². The summed E-state index contributed by atoms with van der Waals surface area (Å²) in [7, 11) is 0. The van der Waals surface area contributed by atoms with E-state index in [1.54, 1.807) is 19.3 Å². The van der Waals surface area contributed by atoms with Gasteiger partial charge in [0.15, 0.2) is 0 Å². The van der Waals surface area contributed by atoms with Gasteiger partial charge in [-0.1, -0.05) is 18.2 Å². The van der Waals surface area contributed by atoms with Crippen LogP contribution in [0.2, 0.25) is 0 Å². The Morgan fingerprint density at radius 3 is 2.42 bits per heavy atom. The van der Waals surface area contributed by atoms with E-state index in [2.05, 4.69) is 15.2 Å². The van der Waals surface area contributed by atoms with E-state index in [4.69, 9.17) is 0 Å². The third-order valence-corrected chi connectivity index (χ3v) is 4.11. The summed E-state index contributed by atoms with van der Waals surface area (Å²) in [5.41, 5.74) is 2.17. The van der Waals surface area contributed by atoms with Crippen LogP contribution in [0.25, 0.3) is 0 Å². The smallest absolute Gasteiger partial charge is 0.257 e. The molecule has 0 unspecified atom stereocenters. The van der Waals surface area contributed by atoms with Gasteiger partial charge in [0, 0.05) is 45.0 Å². The maximum atomic E-state index is 12.4. The van der Waals surface area contributed by atoms with Crippen LogP contribution < -0.4 is 10.2 Å². The van der Waals surface area contributed by atoms with Gasteiger partial charge in [-0.05, 0) is 18.2 Å². The maximum Gasteiger partial charge on any atom is 0.257 e. The zero-order valence-electron chi connectivity index (χ0n) is 13.6. The van der Waals surface area contributed by atoms with Crippen LogP contribution in [0.5, 0.6) is 0 Å². The normalized spacial score (nSPS) is 14.4. The quantitative estimate of drug-likeness (QED) is 0.938. The molecule has 1 aliphatic rings. The third kappa shape index (κ3) is 3.71. The minimum absolute atomic E-state index is 0.101. The van der Waals surface area contributed by atoms with Crippen LogP contribution in [0, 0.1) is 0 Å². The number of pyridine rings is 1. The summed E-state index contributed by atoms with van der Waals surface area (Å²) in [6.45, 7) is 4.45. The van der Waals surface area contributed by atoms with E-state index in [1.807, 2.05) is 41.3 Å². The van der Waals surface area contributed by atoms with E-state index in [1.165, 1.54) is 0 Å². The van der Waals surface area contributed by atoms with Crippen molar-refractivity contribution in [2.45, 2.75) is 6.92 Å². The molecule has 2 heterocycles. The van der Waals surface area contributed by atoms with Crippen molar-refractivity contribution in [2.24, 2.45) is 0 Å². The van der Waals surface area contributed by atoms with Crippen molar-refractivity contribution in [3.63, 3.8) is 0 Å². The Bertz CT molecular complexity index is 725. The Balaban J connectivity index is 1.68. The van der Waals surface area contributed by atoms with Crippen LogP contribution >= 0.6 is 0 Å². The number of carbonyl (C=O) groups excluding carboxylic acids is 2. The third-order valence-electron chi connectivity index (χ3n) is 4.11. The summed E-state index contributed by atoms with van der Waals surface area (Å²) >= 11 is 0. The summed E-state index contributed by atoms with van der Waals surface area (Å²) in [6.07, 6.45) is 3.32. The van der Waals surface area contributed by atoms with Gasteiger partial charge in [0.25, 0.3) is 5.91 Å². The Hall–Kier alpha value is -2.89. The minimum Gasteiger partial charge on any atom is -0.367 e. The number of anilines is 2. The number of piperazine rings is 1. The van der Waals surface area contributed by atoms with Crippen molar-refractivity contribution in [1.82, 2.24) is 9.88 Å². The SMILES string of the molecule is CC(=O)N1CCN(c2cncc(C(=O)Nc3ccccc3)c2)CC1. The van der Waals surface area contributed by atoms with Crippen molar-refractivity contribution in [3.8, 4) is 0 Å². The van der Waals surface area contributed by atoms with Crippen LogP contribution in [-0.2, 0) is 4.79 Å². The fourth-order valence-corrected chi connectivity index (χ4v) is 2.73. The average molecular weight is 324 g/mol. The lowest BCUT2D eigenvalue weighted by Gasteiger charge is -2.35. The lowest BCUT2D eigenvalue weighted by Crippen LogP contribution is -2.48. The first-order valence-electron chi connectivity index (χ1n) is 7.95. The highest BCUT2D eigenvalue weighted by Crippen LogP contribution is 2.18. The highest BCUT2D eigenvalue weighted by atomic mass is 16.2. The second-order valence-corrected chi connectivity index (χ2v) is 5.75. The van der Waals surface area contributed by atoms with Crippen LogP contribution in [0.3, 0.4) is 0 Å². The van der Waals surface area contributed by atoms with Gasteiger partial charge >= 0.3 is 0 Å². The van der Waals surface area contributed by atoms with E-state index in [0.717, 1.165) is 24.5 Å². The molecule has 124 valence electrons. The molecule has 0 atom stereocenters. The first-order chi connectivity index (χ1) is 11.6.